The first kappa shape index (κ1) is 14.3. The minimum absolute atomic E-state index is 0.0333. The highest BCUT2D eigenvalue weighted by atomic mass is 79.9. The van der Waals surface area contributed by atoms with E-state index in [9.17, 15) is 8.42 Å². The number of hydrogen-bond donors (Lipinski definition) is 1. The van der Waals surface area contributed by atoms with Crippen molar-refractivity contribution in [2.75, 3.05) is 13.2 Å². The molecule has 1 aromatic rings. The monoisotopic (exact) mass is 353 g/mol. The molecule has 1 aliphatic rings. The fourth-order valence-corrected chi connectivity index (χ4v) is 3.88. The van der Waals surface area contributed by atoms with Crippen LogP contribution in [0.1, 0.15) is 12.8 Å². The molecule has 1 heterocycles. The normalized spacial score (nSPS) is 20.2. The molecule has 0 saturated carbocycles. The highest BCUT2D eigenvalue weighted by Crippen LogP contribution is 2.25. The fourth-order valence-electron chi connectivity index (χ4n) is 1.78. The molecule has 1 unspecified atom stereocenters. The number of sulfonamides is 1. The van der Waals surface area contributed by atoms with Gasteiger partial charge in [-0.05, 0) is 31.0 Å². The summed E-state index contributed by atoms with van der Waals surface area (Å²) in [7, 11) is -3.58. The zero-order valence-corrected chi connectivity index (χ0v) is 12.7. The van der Waals surface area contributed by atoms with Crippen LogP contribution in [0.5, 0.6) is 0 Å². The lowest BCUT2D eigenvalue weighted by molar-refractivity contribution is 0.114. The maximum atomic E-state index is 12.1. The van der Waals surface area contributed by atoms with E-state index in [-0.39, 0.29) is 22.6 Å². The lowest BCUT2D eigenvalue weighted by atomic mass is 10.2. The number of nitrogens with one attached hydrogen (secondary N) is 1. The summed E-state index contributed by atoms with van der Waals surface area (Å²) in [5, 5.41) is 0.198. The van der Waals surface area contributed by atoms with Gasteiger partial charge in [-0.1, -0.05) is 27.5 Å². The van der Waals surface area contributed by atoms with Crippen molar-refractivity contribution in [3.63, 3.8) is 0 Å². The smallest absolute Gasteiger partial charge is 0.242 e. The molecule has 1 atom stereocenters. The van der Waals surface area contributed by atoms with Crippen LogP contribution >= 0.6 is 27.5 Å². The Balaban J connectivity index is 2.09. The summed E-state index contributed by atoms with van der Waals surface area (Å²) in [5.41, 5.74) is 0. The molecule has 1 aromatic carbocycles. The Labute approximate surface area is 120 Å². The van der Waals surface area contributed by atoms with Crippen LogP contribution in [0.4, 0.5) is 0 Å². The Hall–Kier alpha value is -0.140. The Morgan fingerprint density at radius 3 is 2.89 bits per heavy atom. The van der Waals surface area contributed by atoms with Crippen LogP contribution in [-0.4, -0.2) is 27.7 Å². The van der Waals surface area contributed by atoms with Gasteiger partial charge in [-0.3, -0.25) is 0 Å². The molecule has 0 spiro atoms. The van der Waals surface area contributed by atoms with Crippen LogP contribution in [0.15, 0.2) is 27.6 Å². The quantitative estimate of drug-likeness (QED) is 0.904. The number of benzene rings is 1. The van der Waals surface area contributed by atoms with E-state index in [4.69, 9.17) is 16.3 Å². The lowest BCUT2D eigenvalue weighted by Crippen LogP contribution is -2.32. The minimum Gasteiger partial charge on any atom is -0.377 e. The van der Waals surface area contributed by atoms with Gasteiger partial charge >= 0.3 is 0 Å². The minimum atomic E-state index is -3.58. The van der Waals surface area contributed by atoms with Crippen molar-refractivity contribution in [3.05, 3.63) is 27.7 Å². The van der Waals surface area contributed by atoms with Gasteiger partial charge in [0, 0.05) is 17.6 Å². The summed E-state index contributed by atoms with van der Waals surface area (Å²) in [6.07, 6.45) is 1.83. The molecule has 7 heteroatoms. The average Bonchev–Trinajstić information content (AvgIpc) is 2.78. The summed E-state index contributed by atoms with van der Waals surface area (Å²) in [6, 6.07) is 4.68. The van der Waals surface area contributed by atoms with E-state index >= 15 is 0 Å². The van der Waals surface area contributed by atoms with Gasteiger partial charge in [-0.15, -0.1) is 0 Å². The van der Waals surface area contributed by atoms with Gasteiger partial charge in [0.2, 0.25) is 10.0 Å². The van der Waals surface area contributed by atoms with Crippen LogP contribution in [0.2, 0.25) is 5.02 Å². The van der Waals surface area contributed by atoms with Crippen molar-refractivity contribution in [2.45, 2.75) is 23.8 Å². The third-order valence-corrected chi connectivity index (χ3v) is 5.11. The van der Waals surface area contributed by atoms with Crippen molar-refractivity contribution in [1.29, 1.82) is 0 Å². The lowest BCUT2D eigenvalue weighted by Gasteiger charge is -2.12. The molecular formula is C11H13BrClNO3S. The molecule has 1 N–H and O–H groups in total. The van der Waals surface area contributed by atoms with Gasteiger partial charge < -0.3 is 4.74 Å². The van der Waals surface area contributed by atoms with E-state index in [1.54, 1.807) is 12.1 Å². The van der Waals surface area contributed by atoms with E-state index in [0.717, 1.165) is 17.3 Å². The third-order valence-electron chi connectivity index (χ3n) is 2.71. The Bertz CT molecular complexity index is 529. The van der Waals surface area contributed by atoms with Gasteiger partial charge in [0.05, 0.1) is 11.1 Å². The van der Waals surface area contributed by atoms with Gasteiger partial charge in [0.15, 0.2) is 0 Å². The highest BCUT2D eigenvalue weighted by Gasteiger charge is 2.22. The first-order valence-electron chi connectivity index (χ1n) is 5.55. The molecule has 100 valence electrons. The van der Waals surface area contributed by atoms with Crippen molar-refractivity contribution < 1.29 is 13.2 Å². The molecular weight excluding hydrogens is 342 g/mol. The number of rotatable bonds is 4. The van der Waals surface area contributed by atoms with Crippen molar-refractivity contribution in [1.82, 2.24) is 4.72 Å². The topological polar surface area (TPSA) is 55.4 Å². The number of halogens is 2. The Kier molecular flexibility index (Phi) is 4.66. The summed E-state index contributed by atoms with van der Waals surface area (Å²) < 4.78 is 32.7. The van der Waals surface area contributed by atoms with Crippen LogP contribution in [0.3, 0.4) is 0 Å². The van der Waals surface area contributed by atoms with Crippen molar-refractivity contribution in [2.24, 2.45) is 0 Å². The molecule has 0 amide bonds. The third kappa shape index (κ3) is 3.45. The zero-order valence-electron chi connectivity index (χ0n) is 9.53. The Morgan fingerprint density at radius 1 is 1.50 bits per heavy atom. The van der Waals surface area contributed by atoms with Gasteiger partial charge in [0.1, 0.15) is 4.90 Å². The average molecular weight is 355 g/mol. The molecule has 18 heavy (non-hydrogen) atoms. The van der Waals surface area contributed by atoms with E-state index in [0.29, 0.717) is 6.61 Å². The predicted molar refractivity (Wildman–Crippen MR) is 73.3 cm³/mol. The summed E-state index contributed by atoms with van der Waals surface area (Å²) in [4.78, 5) is 0.0883. The summed E-state index contributed by atoms with van der Waals surface area (Å²) >= 11 is 9.17. The molecule has 0 aliphatic carbocycles. The molecule has 1 aliphatic heterocycles. The van der Waals surface area contributed by atoms with Crippen LogP contribution in [-0.2, 0) is 14.8 Å². The number of ether oxygens (including phenoxy) is 1. The van der Waals surface area contributed by atoms with Gasteiger partial charge in [0.25, 0.3) is 0 Å². The van der Waals surface area contributed by atoms with Crippen molar-refractivity contribution >= 4 is 37.6 Å². The van der Waals surface area contributed by atoms with E-state index < -0.39 is 10.0 Å². The predicted octanol–water partition coefficient (Wildman–Crippen LogP) is 2.56. The maximum absolute atomic E-state index is 12.1. The first-order valence-corrected chi connectivity index (χ1v) is 8.21. The van der Waals surface area contributed by atoms with E-state index in [1.165, 1.54) is 6.07 Å². The maximum Gasteiger partial charge on any atom is 0.242 e. The van der Waals surface area contributed by atoms with E-state index in [1.807, 2.05) is 0 Å². The molecule has 4 nitrogen and oxygen atoms in total. The zero-order chi connectivity index (χ0) is 13.2. The molecule has 0 radical (unpaired) electrons. The molecule has 0 bridgehead atoms. The van der Waals surface area contributed by atoms with Gasteiger partial charge in [-0.25, -0.2) is 13.1 Å². The summed E-state index contributed by atoms with van der Waals surface area (Å²) in [5.74, 6) is 0. The highest BCUT2D eigenvalue weighted by molar-refractivity contribution is 9.10. The molecule has 0 aromatic heterocycles. The standard InChI is InChI=1S/C11H13BrClNO3S/c12-8-3-4-11(10(13)6-8)18(15,16)14-7-9-2-1-5-17-9/h3-4,6,9,14H,1-2,5,7H2. The largest absolute Gasteiger partial charge is 0.377 e. The molecule has 1 saturated heterocycles. The van der Waals surface area contributed by atoms with Crippen LogP contribution < -0.4 is 4.72 Å². The SMILES string of the molecule is O=S(=O)(NCC1CCCO1)c1ccc(Br)cc1Cl. The number of hydrogen-bond acceptors (Lipinski definition) is 3. The second-order valence-electron chi connectivity index (χ2n) is 4.06. The van der Waals surface area contributed by atoms with Gasteiger partial charge in [-0.2, -0.15) is 0 Å². The Morgan fingerprint density at radius 2 is 2.28 bits per heavy atom. The van der Waals surface area contributed by atoms with Crippen LogP contribution in [0, 0.1) is 0 Å². The second kappa shape index (κ2) is 5.88. The molecule has 2 rings (SSSR count). The second-order valence-corrected chi connectivity index (χ2v) is 7.12. The van der Waals surface area contributed by atoms with E-state index in [2.05, 4.69) is 20.7 Å². The molecule has 1 fully saturated rings. The first-order chi connectivity index (χ1) is 8.49. The summed E-state index contributed by atoms with van der Waals surface area (Å²) in [6.45, 7) is 0.986. The van der Waals surface area contributed by atoms with Crippen molar-refractivity contribution in [3.8, 4) is 0 Å². The van der Waals surface area contributed by atoms with Crippen LogP contribution in [0.25, 0.3) is 0 Å². The fraction of sp³-hybridized carbons (Fsp3) is 0.455.